The van der Waals surface area contributed by atoms with Crippen LogP contribution in [-0.4, -0.2) is 54.8 Å². The van der Waals surface area contributed by atoms with Crippen LogP contribution >= 0.6 is 0 Å². The third-order valence-corrected chi connectivity index (χ3v) is 8.30. The molecule has 0 spiro atoms. The molecule has 1 heterocycles. The summed E-state index contributed by atoms with van der Waals surface area (Å²) in [6, 6.07) is 18.3. The highest BCUT2D eigenvalue weighted by Crippen LogP contribution is 2.50. The summed E-state index contributed by atoms with van der Waals surface area (Å²) in [5.74, 6) is 0.733. The van der Waals surface area contributed by atoms with Crippen LogP contribution in [0.5, 0.6) is 5.75 Å². The molecule has 1 aliphatic heterocycles. The van der Waals surface area contributed by atoms with Crippen LogP contribution < -0.4 is 5.32 Å². The van der Waals surface area contributed by atoms with Gasteiger partial charge in [-0.3, -0.25) is 9.69 Å². The van der Waals surface area contributed by atoms with Gasteiger partial charge in [0.05, 0.1) is 6.10 Å². The van der Waals surface area contributed by atoms with Gasteiger partial charge in [-0.15, -0.1) is 6.58 Å². The number of ether oxygens (including phenoxy) is 1. The highest BCUT2D eigenvalue weighted by molar-refractivity contribution is 5.76. The molecule has 2 aliphatic rings. The lowest BCUT2D eigenvalue weighted by molar-refractivity contribution is -0.124. The molecule has 194 valence electrons. The van der Waals surface area contributed by atoms with E-state index in [0.717, 1.165) is 70.1 Å². The number of carbonyl (C=O) groups is 1. The minimum Gasteiger partial charge on any atom is -0.508 e. The predicted octanol–water partition coefficient (Wildman–Crippen LogP) is 5.23. The number of hydrogen-bond acceptors (Lipinski definition) is 4. The van der Waals surface area contributed by atoms with Gasteiger partial charge in [0.1, 0.15) is 5.75 Å². The molecule has 5 nitrogen and oxygen atoms in total. The van der Waals surface area contributed by atoms with Crippen molar-refractivity contribution < 1.29 is 14.6 Å². The fourth-order valence-corrected chi connectivity index (χ4v) is 6.53. The predicted molar refractivity (Wildman–Crippen MR) is 145 cm³/mol. The van der Waals surface area contributed by atoms with Gasteiger partial charge in [0.25, 0.3) is 0 Å². The zero-order valence-electron chi connectivity index (χ0n) is 21.7. The smallest absolute Gasteiger partial charge is 0.220 e. The molecule has 2 aromatic rings. The molecule has 2 aromatic carbocycles. The van der Waals surface area contributed by atoms with Crippen LogP contribution in [0.1, 0.15) is 56.1 Å². The number of hydrogen-bond donors (Lipinski definition) is 2. The first kappa shape index (κ1) is 26.4. The average Bonchev–Trinajstić information content (AvgIpc) is 2.89. The van der Waals surface area contributed by atoms with Crippen molar-refractivity contribution in [3.63, 3.8) is 0 Å². The minimum atomic E-state index is -0.136. The number of likely N-dealkylation sites (tertiary alicyclic amines) is 1. The van der Waals surface area contributed by atoms with E-state index in [1.807, 2.05) is 24.3 Å². The van der Waals surface area contributed by atoms with E-state index < -0.39 is 0 Å². The van der Waals surface area contributed by atoms with Gasteiger partial charge >= 0.3 is 0 Å². The minimum absolute atomic E-state index is 0.0462. The maximum Gasteiger partial charge on any atom is 0.220 e. The number of aromatic hydroxyl groups is 1. The lowest BCUT2D eigenvalue weighted by Gasteiger charge is -2.55. The van der Waals surface area contributed by atoms with Crippen molar-refractivity contribution in [1.29, 1.82) is 0 Å². The van der Waals surface area contributed by atoms with Gasteiger partial charge < -0.3 is 15.2 Å². The fraction of sp³-hybridized carbons (Fsp3) is 0.516. The third kappa shape index (κ3) is 6.37. The Morgan fingerprint density at radius 3 is 2.78 bits per heavy atom. The van der Waals surface area contributed by atoms with E-state index in [9.17, 15) is 9.90 Å². The monoisotopic (exact) mass is 490 g/mol. The largest absolute Gasteiger partial charge is 0.508 e. The molecule has 1 saturated carbocycles. The van der Waals surface area contributed by atoms with Crippen LogP contribution in [0.4, 0.5) is 0 Å². The first-order valence-corrected chi connectivity index (χ1v) is 13.5. The summed E-state index contributed by atoms with van der Waals surface area (Å²) in [6.07, 6.45) is 9.40. The van der Waals surface area contributed by atoms with Gasteiger partial charge in [0.2, 0.25) is 5.91 Å². The summed E-state index contributed by atoms with van der Waals surface area (Å²) in [5.41, 5.74) is 2.39. The lowest BCUT2D eigenvalue weighted by Crippen LogP contribution is -2.61. The molecule has 0 bridgehead atoms. The van der Waals surface area contributed by atoms with E-state index >= 15 is 0 Å². The first-order valence-electron chi connectivity index (χ1n) is 13.5. The Labute approximate surface area is 216 Å². The molecule has 4 atom stereocenters. The standard InChI is InChI=1S/C31H42N2O3/c1-3-18-33-19-17-31(25-14-10-15-27(34)20-25)22-26(21-29(36-2)28(31)23-33)32-30(35)16-9-5-8-13-24-11-6-4-7-12-24/h3-4,6-7,10-12,14-15,20,26,28-29,34H,1,5,8-9,13,16-19,21-23H2,2H3,(H,32,35)/t26-,28-,29?,31-/m0/s1. The number of amides is 1. The van der Waals surface area contributed by atoms with Crippen molar-refractivity contribution in [1.82, 2.24) is 10.2 Å². The van der Waals surface area contributed by atoms with Gasteiger partial charge in [-0.05, 0) is 68.3 Å². The number of methoxy groups -OCH3 is 1. The number of fused-ring (bicyclic) bond motifs is 1. The van der Waals surface area contributed by atoms with Crippen LogP contribution in [0, 0.1) is 5.92 Å². The second kappa shape index (κ2) is 12.6. The summed E-state index contributed by atoms with van der Waals surface area (Å²) in [7, 11) is 1.79. The van der Waals surface area contributed by atoms with Crippen molar-refractivity contribution >= 4 is 5.91 Å². The Balaban J connectivity index is 1.39. The Morgan fingerprint density at radius 2 is 2.03 bits per heavy atom. The number of rotatable bonds is 11. The van der Waals surface area contributed by atoms with Crippen molar-refractivity contribution in [3.8, 4) is 5.75 Å². The molecule has 1 saturated heterocycles. The van der Waals surface area contributed by atoms with Gasteiger partial charge in [-0.2, -0.15) is 0 Å². The number of unbranched alkanes of at least 4 members (excludes halogenated alkanes) is 2. The highest BCUT2D eigenvalue weighted by Gasteiger charge is 2.52. The highest BCUT2D eigenvalue weighted by atomic mass is 16.5. The number of aryl methyl sites for hydroxylation is 1. The molecule has 1 unspecified atom stereocenters. The van der Waals surface area contributed by atoms with Crippen LogP contribution in [0.3, 0.4) is 0 Å². The molecule has 1 amide bonds. The van der Waals surface area contributed by atoms with Crippen LogP contribution in [0.25, 0.3) is 0 Å². The van der Waals surface area contributed by atoms with Gasteiger partial charge in [0, 0.05) is 44.0 Å². The van der Waals surface area contributed by atoms with Crippen molar-refractivity contribution in [2.45, 2.75) is 68.9 Å². The van der Waals surface area contributed by atoms with Gasteiger partial charge in [-0.1, -0.05) is 55.0 Å². The van der Waals surface area contributed by atoms with E-state index in [0.29, 0.717) is 18.1 Å². The maximum absolute atomic E-state index is 12.9. The van der Waals surface area contributed by atoms with E-state index in [2.05, 4.69) is 47.1 Å². The maximum atomic E-state index is 12.9. The summed E-state index contributed by atoms with van der Waals surface area (Å²) in [6.45, 7) is 6.70. The number of phenols is 1. The molecule has 0 aromatic heterocycles. The topological polar surface area (TPSA) is 61.8 Å². The van der Waals surface area contributed by atoms with E-state index in [4.69, 9.17) is 4.74 Å². The van der Waals surface area contributed by atoms with Crippen LogP contribution in [-0.2, 0) is 21.4 Å². The SMILES string of the molecule is C=CCN1CC[C@@]2(c3cccc(O)c3)C[C@@H](NC(=O)CCCCCc3ccccc3)CC(OC)[C@@H]2C1. The number of nitrogens with one attached hydrogen (secondary N) is 1. The lowest BCUT2D eigenvalue weighted by atomic mass is 9.57. The number of carbonyl (C=O) groups excluding carboxylic acids is 1. The Morgan fingerprint density at radius 1 is 1.19 bits per heavy atom. The van der Waals surface area contributed by atoms with Crippen molar-refractivity contribution in [2.75, 3.05) is 26.7 Å². The van der Waals surface area contributed by atoms with Gasteiger partial charge in [0.15, 0.2) is 0 Å². The zero-order chi connectivity index (χ0) is 25.4. The molecule has 2 fully saturated rings. The number of nitrogens with zero attached hydrogens (tertiary/aromatic N) is 1. The van der Waals surface area contributed by atoms with Crippen molar-refractivity contribution in [3.05, 3.63) is 78.4 Å². The molecule has 2 N–H and O–H groups in total. The zero-order valence-corrected chi connectivity index (χ0v) is 21.7. The molecule has 0 radical (unpaired) electrons. The van der Waals surface area contributed by atoms with E-state index in [1.165, 1.54) is 5.56 Å². The molecule has 36 heavy (non-hydrogen) atoms. The number of benzene rings is 2. The Bertz CT molecular complexity index is 994. The molecular weight excluding hydrogens is 448 g/mol. The van der Waals surface area contributed by atoms with E-state index in [-0.39, 0.29) is 23.5 Å². The normalized spacial score (nSPS) is 26.2. The molecule has 4 rings (SSSR count). The van der Waals surface area contributed by atoms with E-state index in [1.54, 1.807) is 13.2 Å². The third-order valence-electron chi connectivity index (χ3n) is 8.30. The average molecular weight is 491 g/mol. The quantitative estimate of drug-likeness (QED) is 0.334. The first-order chi connectivity index (χ1) is 17.5. The summed E-state index contributed by atoms with van der Waals surface area (Å²) in [5, 5.41) is 13.6. The Hall–Kier alpha value is -2.63. The number of piperidine rings is 1. The second-order valence-electron chi connectivity index (χ2n) is 10.6. The van der Waals surface area contributed by atoms with Crippen LogP contribution in [0.15, 0.2) is 67.3 Å². The molecular formula is C31H42N2O3. The van der Waals surface area contributed by atoms with Crippen molar-refractivity contribution in [2.24, 2.45) is 5.92 Å². The fourth-order valence-electron chi connectivity index (χ4n) is 6.53. The van der Waals surface area contributed by atoms with Gasteiger partial charge in [-0.25, -0.2) is 0 Å². The molecule has 5 heteroatoms. The van der Waals surface area contributed by atoms with Crippen LogP contribution in [0.2, 0.25) is 0 Å². The Kier molecular flexibility index (Phi) is 9.22. The summed E-state index contributed by atoms with van der Waals surface area (Å²) >= 11 is 0. The molecule has 1 aliphatic carbocycles. The summed E-state index contributed by atoms with van der Waals surface area (Å²) < 4.78 is 6.06. The second-order valence-corrected chi connectivity index (χ2v) is 10.6. The summed E-state index contributed by atoms with van der Waals surface area (Å²) in [4.78, 5) is 15.4. The number of phenolic OH excluding ortho intramolecular Hbond substituents is 1.